The van der Waals surface area contributed by atoms with E-state index in [1.807, 2.05) is 6.92 Å². The standard InChI is InChI=1S/C22H37N6O15P3.4Li/c1-13-15(26-21(31)25-13)7-3-2-4-8-18(30)24-9-5-6-14-11-28(22(32)27-20(14)23)19-10-16(29)17(41-19)12-40-45(36,37)43-46(38,39)42-44(33,34)35;;;;/h5-6,11,13,15-17,19,29H,2-4,7-10,12H2,1H3,(H,24,30)(H,36,37)(H,38,39)(H2,23,27,32)(H2,25,26,31)(H2,33,34,35);;;;/q;4*+1/p-4. The van der Waals surface area contributed by atoms with Crippen LogP contribution < -0.4 is 122 Å². The van der Waals surface area contributed by atoms with Gasteiger partial charge in [-0.05, 0) is 19.8 Å². The van der Waals surface area contributed by atoms with E-state index in [9.17, 15) is 52.8 Å². The molecule has 50 heavy (non-hydrogen) atoms. The second kappa shape index (κ2) is 22.9. The molecule has 7 unspecified atom stereocenters. The summed E-state index contributed by atoms with van der Waals surface area (Å²) in [6.07, 6.45) is 3.38. The van der Waals surface area contributed by atoms with E-state index >= 15 is 0 Å². The van der Waals surface area contributed by atoms with Gasteiger partial charge >= 0.3 is 87.2 Å². The predicted molar refractivity (Wildman–Crippen MR) is 148 cm³/mol. The number of nitrogens with zero attached hydrogens (tertiary/aromatic N) is 2. The van der Waals surface area contributed by atoms with E-state index in [1.54, 1.807) is 6.08 Å². The van der Waals surface area contributed by atoms with Crippen molar-refractivity contribution in [2.24, 2.45) is 0 Å². The number of carbonyl (C=O) groups is 2. The Kier molecular flexibility index (Phi) is 23.9. The summed E-state index contributed by atoms with van der Waals surface area (Å²) in [6.45, 7) is 1.02. The Morgan fingerprint density at radius 2 is 1.76 bits per heavy atom. The largest absolute Gasteiger partial charge is 1.00 e. The average molecular weight is 742 g/mol. The van der Waals surface area contributed by atoms with Crippen LogP contribution >= 0.6 is 23.5 Å². The molecule has 0 aliphatic carbocycles. The van der Waals surface area contributed by atoms with Gasteiger partial charge in [-0.15, -0.1) is 0 Å². The Hall–Kier alpha value is -0.120. The number of hydrogen-bond donors (Lipinski definition) is 5. The van der Waals surface area contributed by atoms with E-state index in [0.29, 0.717) is 12.8 Å². The first-order valence-electron chi connectivity index (χ1n) is 13.8. The summed E-state index contributed by atoms with van der Waals surface area (Å²) in [5, 5.41) is 18.6. The van der Waals surface area contributed by atoms with E-state index in [4.69, 9.17) is 10.5 Å². The predicted octanol–water partition coefficient (Wildman–Crippen LogP) is -14.5. The number of phosphoric ester groups is 1. The van der Waals surface area contributed by atoms with Gasteiger partial charge in [0.2, 0.25) is 5.91 Å². The zero-order chi connectivity index (χ0) is 34.3. The van der Waals surface area contributed by atoms with Gasteiger partial charge in [0.15, 0.2) is 0 Å². The number of nitrogen functional groups attached to an aromatic ring is 1. The summed E-state index contributed by atoms with van der Waals surface area (Å²) in [5.41, 5.74) is 5.19. The Bertz CT molecular complexity index is 1510. The minimum absolute atomic E-state index is 0. The second-order valence-corrected chi connectivity index (χ2v) is 14.6. The molecule has 28 heteroatoms. The van der Waals surface area contributed by atoms with Gasteiger partial charge in [-0.25, -0.2) is 13.9 Å². The second-order valence-electron chi connectivity index (χ2n) is 10.3. The van der Waals surface area contributed by atoms with Crippen molar-refractivity contribution in [1.82, 2.24) is 25.5 Å². The number of nitrogens with two attached hydrogens (primary N) is 1. The molecule has 2 aliphatic heterocycles. The van der Waals surface area contributed by atoms with Crippen LogP contribution in [0.2, 0.25) is 0 Å². The van der Waals surface area contributed by atoms with E-state index in [1.165, 1.54) is 12.3 Å². The van der Waals surface area contributed by atoms with Crippen molar-refractivity contribution >= 4 is 47.3 Å². The van der Waals surface area contributed by atoms with E-state index in [2.05, 4.69) is 34.1 Å². The minimum Gasteiger partial charge on any atom is -0.790 e. The number of urea groups is 1. The van der Waals surface area contributed by atoms with Gasteiger partial charge in [-0.2, -0.15) is 4.98 Å². The number of anilines is 1. The van der Waals surface area contributed by atoms with E-state index in [-0.39, 0.29) is 124 Å². The summed E-state index contributed by atoms with van der Waals surface area (Å²) in [4.78, 5) is 83.5. The number of amides is 3. The number of carbonyl (C=O) groups excluding carboxylic acids is 2. The van der Waals surface area contributed by atoms with Crippen LogP contribution in [0.15, 0.2) is 17.1 Å². The molecule has 3 heterocycles. The van der Waals surface area contributed by atoms with Crippen molar-refractivity contribution in [1.29, 1.82) is 0 Å². The molecule has 0 bridgehead atoms. The number of nitrogens with one attached hydrogen (secondary N) is 3. The van der Waals surface area contributed by atoms with Gasteiger partial charge in [0.1, 0.15) is 18.1 Å². The first kappa shape index (κ1) is 52.0. The number of phosphoric acid groups is 3. The molecule has 0 saturated carbocycles. The first-order valence-corrected chi connectivity index (χ1v) is 18.2. The molecular weight excluding hydrogens is 709 g/mol. The van der Waals surface area contributed by atoms with Crippen LogP contribution in [-0.4, -0.2) is 64.0 Å². The third kappa shape index (κ3) is 17.8. The van der Waals surface area contributed by atoms with Crippen LogP contribution in [0.3, 0.4) is 0 Å². The third-order valence-electron chi connectivity index (χ3n) is 6.73. The van der Waals surface area contributed by atoms with Gasteiger partial charge in [-0.1, -0.05) is 25.0 Å². The summed E-state index contributed by atoms with van der Waals surface area (Å²) >= 11 is 0. The van der Waals surface area contributed by atoms with Gasteiger partial charge < -0.3 is 60.2 Å². The Balaban J connectivity index is 0. The van der Waals surface area contributed by atoms with Crippen LogP contribution in [0.25, 0.3) is 6.08 Å². The number of hydrogen-bond acceptors (Lipinski definition) is 17. The molecule has 21 nitrogen and oxygen atoms in total. The Morgan fingerprint density at radius 1 is 1.10 bits per heavy atom. The molecule has 2 aliphatic rings. The van der Waals surface area contributed by atoms with Crippen molar-refractivity contribution < 1.29 is 141 Å². The van der Waals surface area contributed by atoms with Crippen molar-refractivity contribution in [3.05, 3.63) is 28.3 Å². The van der Waals surface area contributed by atoms with Crippen LogP contribution in [0.5, 0.6) is 0 Å². The van der Waals surface area contributed by atoms with Crippen LogP contribution in [0.4, 0.5) is 10.6 Å². The van der Waals surface area contributed by atoms with Crippen molar-refractivity contribution in [2.75, 3.05) is 18.9 Å². The molecule has 260 valence electrons. The van der Waals surface area contributed by atoms with E-state index in [0.717, 1.165) is 23.8 Å². The molecule has 1 aromatic heterocycles. The maximum atomic E-state index is 12.5. The summed E-state index contributed by atoms with van der Waals surface area (Å²) in [7, 11) is -18.2. The van der Waals surface area contributed by atoms with Gasteiger partial charge in [0.25, 0.3) is 15.6 Å². The molecule has 3 amide bonds. The monoisotopic (exact) mass is 742 g/mol. The molecule has 0 spiro atoms. The maximum absolute atomic E-state index is 12.5. The number of rotatable bonds is 17. The Morgan fingerprint density at radius 3 is 2.36 bits per heavy atom. The smallest absolute Gasteiger partial charge is 0.790 e. The van der Waals surface area contributed by atoms with Crippen molar-refractivity contribution in [3.8, 4) is 0 Å². The van der Waals surface area contributed by atoms with Crippen LogP contribution in [0.1, 0.15) is 57.2 Å². The fraction of sp³-hybridized carbons (Fsp3) is 0.636. The van der Waals surface area contributed by atoms with Crippen molar-refractivity contribution in [2.45, 2.75) is 76.0 Å². The molecule has 2 fully saturated rings. The third-order valence-corrected chi connectivity index (χ3v) is 10.4. The quantitative estimate of drug-likeness (QED) is 0.0562. The van der Waals surface area contributed by atoms with Gasteiger partial charge in [0, 0.05) is 37.2 Å². The molecule has 2 saturated heterocycles. The number of aliphatic hydroxyl groups is 1. The molecule has 7 atom stereocenters. The molecule has 3 rings (SSSR count). The molecule has 6 N–H and O–H groups in total. The maximum Gasteiger partial charge on any atom is 1.00 e. The Labute approximate surface area is 335 Å². The van der Waals surface area contributed by atoms with E-state index < -0.39 is 54.2 Å². The summed E-state index contributed by atoms with van der Waals surface area (Å²) < 4.78 is 50.7. The summed E-state index contributed by atoms with van der Waals surface area (Å²) in [5.74, 6) is -0.333. The number of ether oxygens (including phenoxy) is 1. The minimum atomic E-state index is -6.17. The molecule has 1 aromatic rings. The summed E-state index contributed by atoms with van der Waals surface area (Å²) in [6, 6.07) is -0.0500. The van der Waals surface area contributed by atoms with Crippen LogP contribution in [0, 0.1) is 0 Å². The number of unbranched alkanes of at least 4 members (excludes halogenated alkanes) is 2. The first-order chi connectivity index (χ1) is 21.3. The van der Waals surface area contributed by atoms with Crippen molar-refractivity contribution in [3.63, 3.8) is 0 Å². The average Bonchev–Trinajstić information content (AvgIpc) is 3.43. The van der Waals surface area contributed by atoms with Gasteiger partial charge in [0.05, 0.1) is 26.6 Å². The zero-order valence-corrected chi connectivity index (χ0v) is 30.9. The fourth-order valence-electron chi connectivity index (χ4n) is 4.55. The molecular formula is C22H33Li4N6O15P3. The van der Waals surface area contributed by atoms with Crippen LogP contribution in [-0.2, 0) is 36.4 Å². The topological polar surface area (TPSA) is 332 Å². The van der Waals surface area contributed by atoms with Gasteiger partial charge in [-0.3, -0.25) is 22.8 Å². The fourth-order valence-corrected chi connectivity index (χ4v) is 7.42. The SMILES string of the molecule is CC1NC(=O)NC1CCCCCC(=O)NCC=Cc1cn(C2CC(O)C(COP(=O)([O-])OP(=O)([O-])OP(=O)([O-])[O-])O2)c(=O)nc1N.[Li+].[Li+].[Li+].[Li+]. The normalized spacial score (nSPS) is 23.9. The molecule has 0 aromatic carbocycles. The molecule has 0 radical (unpaired) electrons. The zero-order valence-electron chi connectivity index (χ0n) is 28.3. The number of aromatic nitrogens is 2. The number of aliphatic hydroxyl groups excluding tert-OH is 1.